The number of rotatable bonds is 2. The van der Waals surface area contributed by atoms with Gasteiger partial charge in [-0.25, -0.2) is 4.79 Å². The van der Waals surface area contributed by atoms with Crippen molar-refractivity contribution in [2.45, 2.75) is 18.4 Å². The van der Waals surface area contributed by atoms with E-state index >= 15 is 0 Å². The number of benzene rings is 1. The number of aliphatic carboxylic acids is 1. The molecule has 1 aliphatic rings. The number of carboxylic acids is 1. The van der Waals surface area contributed by atoms with E-state index < -0.39 is 11.5 Å². The van der Waals surface area contributed by atoms with Crippen LogP contribution in [-0.2, 0) is 16.8 Å². The van der Waals surface area contributed by atoms with Gasteiger partial charge in [-0.2, -0.15) is 0 Å². The summed E-state index contributed by atoms with van der Waals surface area (Å²) in [4.78, 5) is 11.3. The smallest absolute Gasteiger partial charge is 0.328 e. The molecule has 3 nitrogen and oxygen atoms in total. The van der Waals surface area contributed by atoms with Gasteiger partial charge in [-0.15, -0.1) is 0 Å². The molecule has 14 heavy (non-hydrogen) atoms. The summed E-state index contributed by atoms with van der Waals surface area (Å²) in [5.41, 5.74) is 1.19. The van der Waals surface area contributed by atoms with E-state index in [1.54, 1.807) is 7.05 Å². The highest BCUT2D eigenvalue weighted by Gasteiger charge is 2.43. The zero-order valence-corrected chi connectivity index (χ0v) is 8.08. The van der Waals surface area contributed by atoms with E-state index in [1.165, 1.54) is 0 Å². The Morgan fingerprint density at radius 2 is 2.21 bits per heavy atom. The number of likely N-dealkylation sites (N-methyl/N-ethyl adjacent to an activating group) is 1. The summed E-state index contributed by atoms with van der Waals surface area (Å²) in [5, 5.41) is 12.2. The molecule has 1 aromatic rings. The largest absolute Gasteiger partial charge is 0.480 e. The molecule has 74 valence electrons. The third kappa shape index (κ3) is 1.06. The predicted octanol–water partition coefficient (Wildman–Crippen LogP) is 1.13. The number of carboxylic acid groups (broad SMARTS) is 1. The SMILES string of the molecule is CNC1(C(=O)O)CCc2ccccc21. The first-order valence-electron chi connectivity index (χ1n) is 4.71. The standard InChI is InChI=1S/C11H13NO2/c1-12-11(10(13)14)7-6-8-4-2-3-5-9(8)11/h2-5,12H,6-7H2,1H3,(H,13,14). The molecule has 2 rings (SSSR count). The van der Waals surface area contributed by atoms with Crippen molar-refractivity contribution in [2.75, 3.05) is 7.05 Å². The molecule has 1 atom stereocenters. The van der Waals surface area contributed by atoms with Crippen LogP contribution in [0.1, 0.15) is 17.5 Å². The van der Waals surface area contributed by atoms with Gasteiger partial charge in [0.1, 0.15) is 5.54 Å². The predicted molar refractivity (Wildman–Crippen MR) is 53.1 cm³/mol. The zero-order valence-electron chi connectivity index (χ0n) is 8.08. The van der Waals surface area contributed by atoms with Crippen LogP contribution >= 0.6 is 0 Å². The molecule has 0 aliphatic heterocycles. The van der Waals surface area contributed by atoms with Crippen LogP contribution in [0.5, 0.6) is 0 Å². The zero-order chi connectivity index (χ0) is 10.2. The summed E-state index contributed by atoms with van der Waals surface area (Å²) in [7, 11) is 1.70. The summed E-state index contributed by atoms with van der Waals surface area (Å²) in [6.45, 7) is 0. The van der Waals surface area contributed by atoms with Crippen LogP contribution in [0.25, 0.3) is 0 Å². The van der Waals surface area contributed by atoms with E-state index in [1.807, 2.05) is 24.3 Å². The Morgan fingerprint density at radius 3 is 2.86 bits per heavy atom. The van der Waals surface area contributed by atoms with Gasteiger partial charge in [-0.1, -0.05) is 24.3 Å². The minimum absolute atomic E-state index is 0.637. The Labute approximate surface area is 82.8 Å². The molecule has 0 saturated carbocycles. The van der Waals surface area contributed by atoms with E-state index in [4.69, 9.17) is 0 Å². The number of hydrogen-bond acceptors (Lipinski definition) is 2. The molecule has 0 saturated heterocycles. The normalized spacial score (nSPS) is 24.6. The highest BCUT2D eigenvalue weighted by atomic mass is 16.4. The molecule has 0 heterocycles. The van der Waals surface area contributed by atoms with Crippen molar-refractivity contribution >= 4 is 5.97 Å². The molecule has 1 aliphatic carbocycles. The van der Waals surface area contributed by atoms with Gasteiger partial charge in [0, 0.05) is 0 Å². The fourth-order valence-corrected chi connectivity index (χ4v) is 2.20. The van der Waals surface area contributed by atoms with E-state index in [0.717, 1.165) is 17.5 Å². The average Bonchev–Trinajstić information content (AvgIpc) is 2.57. The van der Waals surface area contributed by atoms with E-state index in [-0.39, 0.29) is 0 Å². The Kier molecular flexibility index (Phi) is 2.04. The average molecular weight is 191 g/mol. The van der Waals surface area contributed by atoms with Crippen molar-refractivity contribution in [1.82, 2.24) is 5.32 Å². The lowest BCUT2D eigenvalue weighted by atomic mass is 9.92. The van der Waals surface area contributed by atoms with Crippen LogP contribution < -0.4 is 5.32 Å². The summed E-state index contributed by atoms with van der Waals surface area (Å²) in [6, 6.07) is 7.73. The minimum Gasteiger partial charge on any atom is -0.480 e. The van der Waals surface area contributed by atoms with Crippen molar-refractivity contribution in [3.63, 3.8) is 0 Å². The van der Waals surface area contributed by atoms with Crippen LogP contribution in [0, 0.1) is 0 Å². The van der Waals surface area contributed by atoms with Crippen LogP contribution in [0.3, 0.4) is 0 Å². The molecular formula is C11H13NO2. The molecule has 3 heteroatoms. The van der Waals surface area contributed by atoms with E-state index in [0.29, 0.717) is 6.42 Å². The molecule has 1 unspecified atom stereocenters. The number of hydrogen-bond donors (Lipinski definition) is 2. The van der Waals surface area contributed by atoms with Crippen molar-refractivity contribution in [3.05, 3.63) is 35.4 Å². The molecule has 1 aromatic carbocycles. The minimum atomic E-state index is -0.864. The molecule has 0 fully saturated rings. The molecule has 0 bridgehead atoms. The molecule has 0 radical (unpaired) electrons. The van der Waals surface area contributed by atoms with Crippen LogP contribution in [0.4, 0.5) is 0 Å². The molecular weight excluding hydrogens is 178 g/mol. The quantitative estimate of drug-likeness (QED) is 0.736. The van der Waals surface area contributed by atoms with Gasteiger partial charge >= 0.3 is 5.97 Å². The van der Waals surface area contributed by atoms with Gasteiger partial charge in [0.25, 0.3) is 0 Å². The lowest BCUT2D eigenvalue weighted by molar-refractivity contribution is -0.145. The van der Waals surface area contributed by atoms with Gasteiger partial charge < -0.3 is 10.4 Å². The first kappa shape index (κ1) is 9.21. The molecule has 2 N–H and O–H groups in total. The Bertz CT molecular complexity index is 375. The fraction of sp³-hybridized carbons (Fsp3) is 0.364. The van der Waals surface area contributed by atoms with Crippen LogP contribution in [0.2, 0.25) is 0 Å². The van der Waals surface area contributed by atoms with Crippen molar-refractivity contribution in [3.8, 4) is 0 Å². The maximum Gasteiger partial charge on any atom is 0.328 e. The molecule has 0 spiro atoms. The van der Waals surface area contributed by atoms with E-state index in [9.17, 15) is 9.90 Å². The lowest BCUT2D eigenvalue weighted by Gasteiger charge is -2.24. The highest BCUT2D eigenvalue weighted by Crippen LogP contribution is 2.36. The van der Waals surface area contributed by atoms with Crippen LogP contribution in [-0.4, -0.2) is 18.1 Å². The second-order valence-electron chi connectivity index (χ2n) is 3.62. The Hall–Kier alpha value is -1.35. The molecule has 0 amide bonds. The fourth-order valence-electron chi connectivity index (χ4n) is 2.20. The maximum absolute atomic E-state index is 11.3. The van der Waals surface area contributed by atoms with Crippen molar-refractivity contribution in [1.29, 1.82) is 0 Å². The van der Waals surface area contributed by atoms with Crippen molar-refractivity contribution < 1.29 is 9.90 Å². The van der Waals surface area contributed by atoms with Gasteiger partial charge in [0.05, 0.1) is 0 Å². The topological polar surface area (TPSA) is 49.3 Å². The number of aryl methyl sites for hydroxylation is 1. The van der Waals surface area contributed by atoms with Crippen molar-refractivity contribution in [2.24, 2.45) is 0 Å². The maximum atomic E-state index is 11.3. The van der Waals surface area contributed by atoms with Gasteiger partial charge in [0.15, 0.2) is 0 Å². The second-order valence-corrected chi connectivity index (χ2v) is 3.62. The Balaban J connectivity index is 2.55. The first-order chi connectivity index (χ1) is 6.70. The third-order valence-corrected chi connectivity index (χ3v) is 3.04. The highest BCUT2D eigenvalue weighted by molar-refractivity contribution is 5.82. The number of carbonyl (C=O) groups is 1. The Morgan fingerprint density at radius 1 is 1.50 bits per heavy atom. The third-order valence-electron chi connectivity index (χ3n) is 3.04. The number of fused-ring (bicyclic) bond motifs is 1. The van der Waals surface area contributed by atoms with Crippen LogP contribution in [0.15, 0.2) is 24.3 Å². The first-order valence-corrected chi connectivity index (χ1v) is 4.71. The summed E-state index contributed by atoms with van der Waals surface area (Å²) >= 11 is 0. The number of nitrogens with one attached hydrogen (secondary N) is 1. The lowest BCUT2D eigenvalue weighted by Crippen LogP contribution is -2.45. The second kappa shape index (κ2) is 3.10. The monoisotopic (exact) mass is 191 g/mol. The summed E-state index contributed by atoms with van der Waals surface area (Å²) < 4.78 is 0. The van der Waals surface area contributed by atoms with Gasteiger partial charge in [0.2, 0.25) is 0 Å². The summed E-state index contributed by atoms with van der Waals surface area (Å²) in [6.07, 6.45) is 1.47. The molecule has 0 aromatic heterocycles. The van der Waals surface area contributed by atoms with Gasteiger partial charge in [-0.05, 0) is 31.0 Å². The summed E-state index contributed by atoms with van der Waals surface area (Å²) in [5.74, 6) is -0.787. The van der Waals surface area contributed by atoms with Gasteiger partial charge in [-0.3, -0.25) is 0 Å². The van der Waals surface area contributed by atoms with E-state index in [2.05, 4.69) is 5.32 Å².